The zero-order valence-corrected chi connectivity index (χ0v) is 18.7. The summed E-state index contributed by atoms with van der Waals surface area (Å²) in [6, 6.07) is 15.1. The van der Waals surface area contributed by atoms with Gasteiger partial charge in [-0.25, -0.2) is 0 Å². The Morgan fingerprint density at radius 2 is 2.03 bits per heavy atom. The Morgan fingerprint density at radius 1 is 1.16 bits per heavy atom. The average molecular weight is 416 g/mol. The minimum absolute atomic E-state index is 0.00371. The standard InChI is InChI=1S/C27H33N3O/c1-3-22-21(18-19(2)28-22)25(31)13-12-20-8-6-15-27(16-14-20)26-11-7-17-30(26)24-10-5-4-9-23(24)29-27/h4-5,7,9-11,17-18,20,28-29H,3,6,8,12-16H2,1-2H3. The molecule has 162 valence electrons. The summed E-state index contributed by atoms with van der Waals surface area (Å²) in [5.74, 6) is 0.926. The molecular weight excluding hydrogens is 382 g/mol. The normalized spacial score (nSPS) is 22.5. The molecule has 2 aliphatic rings. The molecule has 3 heterocycles. The van der Waals surface area contributed by atoms with Crippen molar-refractivity contribution in [2.45, 2.75) is 70.8 Å². The van der Waals surface area contributed by atoms with E-state index in [0.29, 0.717) is 18.1 Å². The molecule has 1 aliphatic carbocycles. The van der Waals surface area contributed by atoms with E-state index < -0.39 is 0 Å². The van der Waals surface area contributed by atoms with Gasteiger partial charge in [0, 0.05) is 35.3 Å². The molecule has 2 unspecified atom stereocenters. The molecule has 3 aromatic rings. The van der Waals surface area contributed by atoms with E-state index in [1.807, 2.05) is 13.0 Å². The second kappa shape index (κ2) is 8.07. The van der Waals surface area contributed by atoms with Gasteiger partial charge in [-0.15, -0.1) is 0 Å². The van der Waals surface area contributed by atoms with Crippen LogP contribution in [0.25, 0.3) is 5.69 Å². The summed E-state index contributed by atoms with van der Waals surface area (Å²) in [4.78, 5) is 16.2. The third kappa shape index (κ3) is 3.62. The molecule has 0 saturated heterocycles. The van der Waals surface area contributed by atoms with Crippen LogP contribution in [0.15, 0.2) is 48.7 Å². The average Bonchev–Trinajstić information content (AvgIpc) is 3.37. The highest BCUT2D eigenvalue weighted by Gasteiger charge is 2.40. The number of fused-ring (bicyclic) bond motifs is 4. The lowest BCUT2D eigenvalue weighted by atomic mass is 9.83. The Morgan fingerprint density at radius 3 is 2.90 bits per heavy atom. The Kier molecular flexibility index (Phi) is 5.25. The van der Waals surface area contributed by atoms with Gasteiger partial charge in [0.05, 0.1) is 16.9 Å². The van der Waals surface area contributed by atoms with Gasteiger partial charge in [-0.3, -0.25) is 4.79 Å². The highest BCUT2D eigenvalue weighted by atomic mass is 16.1. The Hall–Kier alpha value is -2.75. The predicted octanol–water partition coefficient (Wildman–Crippen LogP) is 6.54. The van der Waals surface area contributed by atoms with Crippen LogP contribution in [0.4, 0.5) is 5.69 Å². The van der Waals surface area contributed by atoms with Crippen molar-refractivity contribution in [3.05, 3.63) is 71.3 Å². The highest BCUT2D eigenvalue weighted by molar-refractivity contribution is 5.97. The predicted molar refractivity (Wildman–Crippen MR) is 126 cm³/mol. The smallest absolute Gasteiger partial charge is 0.164 e. The summed E-state index contributed by atoms with van der Waals surface area (Å²) in [5, 5.41) is 3.93. The molecule has 2 N–H and O–H groups in total. The van der Waals surface area contributed by atoms with Crippen LogP contribution >= 0.6 is 0 Å². The molecule has 1 aliphatic heterocycles. The van der Waals surface area contributed by atoms with Gasteiger partial charge in [0.15, 0.2) is 5.78 Å². The fraction of sp³-hybridized carbons (Fsp3) is 0.444. The van der Waals surface area contributed by atoms with Crippen molar-refractivity contribution in [3.63, 3.8) is 0 Å². The Bertz CT molecular complexity index is 1090. The van der Waals surface area contributed by atoms with Crippen molar-refractivity contribution in [2.24, 2.45) is 5.92 Å². The number of H-pyrrole nitrogens is 1. The van der Waals surface area contributed by atoms with Crippen molar-refractivity contribution in [1.29, 1.82) is 0 Å². The van der Waals surface area contributed by atoms with Crippen LogP contribution in [0, 0.1) is 12.8 Å². The minimum Gasteiger partial charge on any atom is -0.372 e. The first kappa shape index (κ1) is 20.2. The monoisotopic (exact) mass is 415 g/mol. The summed E-state index contributed by atoms with van der Waals surface area (Å²) in [6.45, 7) is 4.14. The first-order valence-electron chi connectivity index (χ1n) is 11.9. The summed E-state index contributed by atoms with van der Waals surface area (Å²) in [7, 11) is 0. The third-order valence-electron chi connectivity index (χ3n) is 7.44. The molecule has 0 amide bonds. The van der Waals surface area contributed by atoms with Gasteiger partial charge in [0.2, 0.25) is 0 Å². The maximum absolute atomic E-state index is 12.9. The zero-order valence-electron chi connectivity index (χ0n) is 18.7. The fourth-order valence-electron chi connectivity index (χ4n) is 5.82. The summed E-state index contributed by atoms with van der Waals surface area (Å²) in [6.07, 6.45) is 10.6. The number of para-hydroxylation sites is 2. The molecule has 1 aromatic carbocycles. The second-order valence-corrected chi connectivity index (χ2v) is 9.44. The van der Waals surface area contributed by atoms with Gasteiger partial charge < -0.3 is 14.9 Å². The number of ketones is 1. The molecule has 1 fully saturated rings. The highest BCUT2D eigenvalue weighted by Crippen LogP contribution is 2.46. The van der Waals surface area contributed by atoms with Crippen LogP contribution in [0.1, 0.15) is 79.3 Å². The molecule has 4 nitrogen and oxygen atoms in total. The number of aryl methyl sites for hydroxylation is 2. The topological polar surface area (TPSA) is 49.8 Å². The van der Waals surface area contributed by atoms with Gasteiger partial charge in [-0.05, 0) is 75.3 Å². The van der Waals surface area contributed by atoms with E-state index in [1.54, 1.807) is 0 Å². The lowest BCUT2D eigenvalue weighted by Crippen LogP contribution is -2.40. The van der Waals surface area contributed by atoms with Crippen molar-refractivity contribution in [3.8, 4) is 5.69 Å². The van der Waals surface area contributed by atoms with Crippen molar-refractivity contribution in [1.82, 2.24) is 9.55 Å². The van der Waals surface area contributed by atoms with Gasteiger partial charge in [0.1, 0.15) is 0 Å². The fourth-order valence-corrected chi connectivity index (χ4v) is 5.82. The summed E-state index contributed by atoms with van der Waals surface area (Å²) in [5.41, 5.74) is 6.95. The number of carbonyl (C=O) groups is 1. The van der Waals surface area contributed by atoms with Crippen molar-refractivity contribution >= 4 is 11.5 Å². The molecule has 2 atom stereocenters. The van der Waals surface area contributed by atoms with E-state index in [1.165, 1.54) is 36.3 Å². The second-order valence-electron chi connectivity index (χ2n) is 9.44. The van der Waals surface area contributed by atoms with E-state index in [9.17, 15) is 4.79 Å². The third-order valence-corrected chi connectivity index (χ3v) is 7.44. The van der Waals surface area contributed by atoms with Gasteiger partial charge in [0.25, 0.3) is 0 Å². The van der Waals surface area contributed by atoms with Gasteiger partial charge in [-0.1, -0.05) is 31.9 Å². The Balaban J connectivity index is 1.29. The van der Waals surface area contributed by atoms with Crippen LogP contribution in [-0.4, -0.2) is 15.3 Å². The van der Waals surface area contributed by atoms with Crippen LogP contribution < -0.4 is 5.32 Å². The number of carbonyl (C=O) groups excluding carboxylic acids is 1. The molecule has 0 radical (unpaired) electrons. The molecule has 5 rings (SSSR count). The molecular formula is C27H33N3O. The number of nitrogens with zero attached hydrogens (tertiary/aromatic N) is 1. The lowest BCUT2D eigenvalue weighted by Gasteiger charge is -2.41. The van der Waals surface area contributed by atoms with Crippen molar-refractivity contribution < 1.29 is 4.79 Å². The number of Topliss-reactive ketones (excluding diaryl/α,β-unsaturated/α-hetero) is 1. The summed E-state index contributed by atoms with van der Waals surface area (Å²) < 4.78 is 2.37. The molecule has 1 spiro atoms. The van der Waals surface area contributed by atoms with E-state index in [4.69, 9.17) is 0 Å². The SMILES string of the molecule is CCc1[nH]c(C)cc1C(=O)CCC1CCCC2(CC1)Nc1ccccc1-n1cccc12. The van der Waals surface area contributed by atoms with Crippen molar-refractivity contribution in [2.75, 3.05) is 5.32 Å². The quantitative estimate of drug-likeness (QED) is 0.465. The van der Waals surface area contributed by atoms with E-state index in [0.717, 1.165) is 42.6 Å². The molecule has 0 bridgehead atoms. The van der Waals surface area contributed by atoms with Gasteiger partial charge in [-0.2, -0.15) is 0 Å². The molecule has 31 heavy (non-hydrogen) atoms. The first-order chi connectivity index (χ1) is 15.1. The summed E-state index contributed by atoms with van der Waals surface area (Å²) >= 11 is 0. The number of aromatic nitrogens is 2. The largest absolute Gasteiger partial charge is 0.372 e. The minimum atomic E-state index is 0.00371. The lowest BCUT2D eigenvalue weighted by molar-refractivity contribution is 0.0971. The molecule has 1 saturated carbocycles. The van der Waals surface area contributed by atoms with Crippen LogP contribution in [0.2, 0.25) is 0 Å². The number of anilines is 1. The van der Waals surface area contributed by atoms with E-state index in [2.05, 4.69) is 64.4 Å². The van der Waals surface area contributed by atoms with Gasteiger partial charge >= 0.3 is 0 Å². The maximum atomic E-state index is 12.9. The zero-order chi connectivity index (χ0) is 21.4. The molecule has 2 aromatic heterocycles. The number of rotatable bonds is 5. The van der Waals surface area contributed by atoms with Crippen LogP contribution in [0.3, 0.4) is 0 Å². The number of aromatic amines is 1. The first-order valence-corrected chi connectivity index (χ1v) is 11.9. The van der Waals surface area contributed by atoms with Crippen LogP contribution in [0.5, 0.6) is 0 Å². The van der Waals surface area contributed by atoms with Crippen LogP contribution in [-0.2, 0) is 12.0 Å². The number of benzene rings is 1. The Labute approximate surface area is 185 Å². The number of nitrogens with one attached hydrogen (secondary N) is 2. The maximum Gasteiger partial charge on any atom is 0.164 e. The molecule has 4 heteroatoms. The number of hydrogen-bond donors (Lipinski definition) is 2. The van der Waals surface area contributed by atoms with E-state index >= 15 is 0 Å². The van der Waals surface area contributed by atoms with E-state index in [-0.39, 0.29) is 5.54 Å². The number of hydrogen-bond acceptors (Lipinski definition) is 2.